The number of nitrogens with one attached hydrogen (secondary N) is 1. The second kappa shape index (κ2) is 8.45. The molecular weight excluding hydrogens is 438 g/mol. The summed E-state index contributed by atoms with van der Waals surface area (Å²) >= 11 is 0. The summed E-state index contributed by atoms with van der Waals surface area (Å²) in [7, 11) is 0. The first-order valence-electron chi connectivity index (χ1n) is 12.4. The summed E-state index contributed by atoms with van der Waals surface area (Å²) in [6, 6.07) is 17.5. The van der Waals surface area contributed by atoms with Crippen molar-refractivity contribution in [3.63, 3.8) is 0 Å². The highest BCUT2D eigenvalue weighted by Crippen LogP contribution is 2.47. The monoisotopic (exact) mass is 467 g/mol. The number of fused-ring (bicyclic) bond motifs is 2. The molecule has 0 spiro atoms. The van der Waals surface area contributed by atoms with Crippen molar-refractivity contribution in [2.45, 2.75) is 27.2 Å². The average molecular weight is 468 g/mol. The number of carbonyl (C=O) groups excluding carboxylic acids is 1. The zero-order valence-corrected chi connectivity index (χ0v) is 20.3. The summed E-state index contributed by atoms with van der Waals surface area (Å²) in [6.45, 7) is 9.08. The van der Waals surface area contributed by atoms with Crippen molar-refractivity contribution < 1.29 is 14.1 Å². The van der Waals surface area contributed by atoms with Gasteiger partial charge in [-0.25, -0.2) is 0 Å². The first kappa shape index (κ1) is 21.7. The average Bonchev–Trinajstić information content (AvgIpc) is 3.29. The largest absolute Gasteiger partial charge is 0.494 e. The fraction of sp³-hybridized carbons (Fsp3) is 0.310. The Morgan fingerprint density at radius 1 is 1.06 bits per heavy atom. The van der Waals surface area contributed by atoms with Gasteiger partial charge < -0.3 is 19.5 Å². The van der Waals surface area contributed by atoms with Crippen molar-refractivity contribution in [1.29, 1.82) is 0 Å². The highest BCUT2D eigenvalue weighted by molar-refractivity contribution is 6.28. The summed E-state index contributed by atoms with van der Waals surface area (Å²) in [5.41, 5.74) is 5.49. The summed E-state index contributed by atoms with van der Waals surface area (Å²) in [5, 5.41) is 8.84. The van der Waals surface area contributed by atoms with Gasteiger partial charge in [-0.05, 0) is 55.5 Å². The molecule has 0 bridgehead atoms. The minimum Gasteiger partial charge on any atom is -0.494 e. The first-order valence-corrected chi connectivity index (χ1v) is 12.4. The van der Waals surface area contributed by atoms with Gasteiger partial charge in [0.25, 0.3) is 0 Å². The van der Waals surface area contributed by atoms with Crippen LogP contribution >= 0.6 is 0 Å². The molecule has 4 aromatic rings. The molecule has 6 rings (SSSR count). The topological polar surface area (TPSA) is 67.6 Å². The van der Waals surface area contributed by atoms with E-state index < -0.39 is 0 Å². The number of carbonyl (C=O) groups is 1. The number of ether oxygens (including phenoxy) is 1. The number of anilines is 3. The molecule has 1 aliphatic heterocycles. The Bertz CT molecular complexity index is 1410. The highest BCUT2D eigenvalue weighted by atomic mass is 16.5. The van der Waals surface area contributed by atoms with Gasteiger partial charge >= 0.3 is 0 Å². The molecule has 6 heteroatoms. The lowest BCUT2D eigenvalue weighted by Gasteiger charge is -2.37. The van der Waals surface area contributed by atoms with Gasteiger partial charge in [-0.2, -0.15) is 0 Å². The number of piperidine rings is 1. The zero-order chi connectivity index (χ0) is 24.1. The standard InChI is InChI=1S/C29H29N3O3/c1-4-34-20-11-9-19(10-12-20)30-23-14-24(32-15-17(2)13-18(3)16-32)27-26-25(23)28(33)21-7-5-6-8-22(21)29(26)35-31-27/h5-12,14,17-18,30H,4,13,15-16H2,1-3H3/t17-,18-/m0/s1. The van der Waals surface area contributed by atoms with Gasteiger partial charge in [-0.1, -0.05) is 43.3 Å². The Hall–Kier alpha value is -3.80. The molecule has 0 radical (unpaired) electrons. The first-order chi connectivity index (χ1) is 17.0. The van der Waals surface area contributed by atoms with Crippen LogP contribution in [0.2, 0.25) is 0 Å². The van der Waals surface area contributed by atoms with Crippen LogP contribution in [0.15, 0.2) is 59.1 Å². The maximum atomic E-state index is 13.8. The van der Waals surface area contributed by atoms with Crippen LogP contribution in [-0.2, 0) is 0 Å². The van der Waals surface area contributed by atoms with E-state index >= 15 is 0 Å². The molecule has 35 heavy (non-hydrogen) atoms. The van der Waals surface area contributed by atoms with E-state index in [4.69, 9.17) is 9.26 Å². The lowest BCUT2D eigenvalue weighted by Crippen LogP contribution is -2.39. The van der Waals surface area contributed by atoms with Crippen LogP contribution < -0.4 is 15.0 Å². The zero-order valence-electron chi connectivity index (χ0n) is 20.3. The van der Waals surface area contributed by atoms with Gasteiger partial charge in [0.05, 0.1) is 28.9 Å². The van der Waals surface area contributed by atoms with Crippen LogP contribution in [0, 0.1) is 11.8 Å². The summed E-state index contributed by atoms with van der Waals surface area (Å²) in [5.74, 6) is 2.63. The van der Waals surface area contributed by atoms with Crippen LogP contribution in [-0.4, -0.2) is 30.6 Å². The van der Waals surface area contributed by atoms with E-state index in [1.165, 1.54) is 6.42 Å². The van der Waals surface area contributed by atoms with E-state index in [1.807, 2.05) is 55.5 Å². The van der Waals surface area contributed by atoms with Crippen molar-refractivity contribution >= 4 is 33.7 Å². The molecule has 2 atom stereocenters. The molecule has 2 aliphatic rings. The third-order valence-corrected chi connectivity index (χ3v) is 7.03. The molecule has 0 saturated carbocycles. The van der Waals surface area contributed by atoms with Crippen molar-refractivity contribution in [2.75, 3.05) is 29.9 Å². The Labute approximate surface area is 204 Å². The lowest BCUT2D eigenvalue weighted by atomic mass is 9.85. The van der Waals surface area contributed by atoms with Gasteiger partial charge in [-0.3, -0.25) is 4.79 Å². The fourth-order valence-corrected chi connectivity index (χ4v) is 5.70. The van der Waals surface area contributed by atoms with Crippen LogP contribution in [0.1, 0.15) is 43.1 Å². The smallest absolute Gasteiger partial charge is 0.196 e. The van der Waals surface area contributed by atoms with Crippen molar-refractivity contribution in [3.05, 3.63) is 65.7 Å². The number of aromatic nitrogens is 1. The van der Waals surface area contributed by atoms with Gasteiger partial charge in [0.1, 0.15) is 11.3 Å². The molecule has 1 aliphatic carbocycles. The minimum atomic E-state index is -0.0123. The number of rotatable bonds is 5. The number of hydrogen-bond acceptors (Lipinski definition) is 6. The van der Waals surface area contributed by atoms with Crippen LogP contribution in [0.5, 0.6) is 5.75 Å². The van der Waals surface area contributed by atoms with E-state index in [-0.39, 0.29) is 5.78 Å². The molecule has 1 N–H and O–H groups in total. The van der Waals surface area contributed by atoms with Gasteiger partial charge in [0.2, 0.25) is 0 Å². The molecule has 2 heterocycles. The Balaban J connectivity index is 1.54. The predicted molar refractivity (Wildman–Crippen MR) is 139 cm³/mol. The molecular formula is C29H29N3O3. The highest BCUT2D eigenvalue weighted by Gasteiger charge is 2.34. The Kier molecular flexibility index (Phi) is 5.24. The molecule has 1 aromatic heterocycles. The SMILES string of the molecule is CCOc1ccc(Nc2cc(N3C[C@@H](C)C[C@H](C)C3)c3noc4c3c2C(=O)c2ccccc2-4)cc1. The Morgan fingerprint density at radius 3 is 2.49 bits per heavy atom. The molecule has 0 unspecified atom stereocenters. The molecule has 6 nitrogen and oxygen atoms in total. The van der Waals surface area contributed by atoms with Crippen molar-refractivity contribution in [2.24, 2.45) is 11.8 Å². The molecule has 3 aromatic carbocycles. The number of benzene rings is 3. The lowest BCUT2D eigenvalue weighted by molar-refractivity contribution is 0.104. The van der Waals surface area contributed by atoms with E-state index in [2.05, 4.69) is 35.3 Å². The number of ketones is 1. The second-order valence-corrected chi connectivity index (χ2v) is 9.86. The molecule has 178 valence electrons. The van der Waals surface area contributed by atoms with Gasteiger partial charge in [0, 0.05) is 29.9 Å². The van der Waals surface area contributed by atoms with E-state index in [9.17, 15) is 4.79 Å². The normalized spacial score (nSPS) is 19.1. The summed E-state index contributed by atoms with van der Waals surface area (Å²) in [4.78, 5) is 16.2. The molecule has 1 fully saturated rings. The van der Waals surface area contributed by atoms with Crippen molar-refractivity contribution in [1.82, 2.24) is 5.16 Å². The molecule has 0 amide bonds. The maximum Gasteiger partial charge on any atom is 0.196 e. The van der Waals surface area contributed by atoms with E-state index in [0.29, 0.717) is 35.3 Å². The molecule has 1 saturated heterocycles. The predicted octanol–water partition coefficient (Wildman–Crippen LogP) is 6.66. The summed E-state index contributed by atoms with van der Waals surface area (Å²) < 4.78 is 11.5. The third-order valence-electron chi connectivity index (χ3n) is 7.03. The van der Waals surface area contributed by atoms with E-state index in [1.54, 1.807) is 0 Å². The number of hydrogen-bond donors (Lipinski definition) is 1. The fourth-order valence-electron chi connectivity index (χ4n) is 5.70. The minimum absolute atomic E-state index is 0.0123. The third kappa shape index (κ3) is 3.64. The van der Waals surface area contributed by atoms with Crippen LogP contribution in [0.25, 0.3) is 22.2 Å². The number of nitrogens with zero attached hydrogens (tertiary/aromatic N) is 2. The Morgan fingerprint density at radius 2 is 1.77 bits per heavy atom. The van der Waals surface area contributed by atoms with Gasteiger partial charge in [-0.15, -0.1) is 0 Å². The van der Waals surface area contributed by atoms with Crippen LogP contribution in [0.3, 0.4) is 0 Å². The quantitative estimate of drug-likeness (QED) is 0.312. The van der Waals surface area contributed by atoms with Gasteiger partial charge in [0.15, 0.2) is 11.5 Å². The van der Waals surface area contributed by atoms with Crippen LogP contribution in [0.4, 0.5) is 17.1 Å². The summed E-state index contributed by atoms with van der Waals surface area (Å²) in [6.07, 6.45) is 1.21. The van der Waals surface area contributed by atoms with E-state index in [0.717, 1.165) is 52.4 Å². The maximum absolute atomic E-state index is 13.8. The second-order valence-electron chi connectivity index (χ2n) is 9.86. The van der Waals surface area contributed by atoms with Crippen molar-refractivity contribution in [3.8, 4) is 17.1 Å².